The molecule has 0 aromatic heterocycles. The molecule has 11 nitrogen and oxygen atoms in total. The van der Waals surface area contributed by atoms with Gasteiger partial charge in [0.1, 0.15) is 0 Å². The molecule has 11 heteroatoms. The number of hydroxylamine groups is 2. The van der Waals surface area contributed by atoms with Gasteiger partial charge < -0.3 is 30.9 Å². The van der Waals surface area contributed by atoms with Crippen molar-refractivity contribution in [2.24, 2.45) is 11.5 Å². The van der Waals surface area contributed by atoms with Gasteiger partial charge in [0, 0.05) is 74.9 Å². The summed E-state index contributed by atoms with van der Waals surface area (Å²) in [7, 11) is 0. The van der Waals surface area contributed by atoms with E-state index in [1.807, 2.05) is 35.4 Å². The SMILES string of the molecule is NC(=O)c1cccc(N2CCN(OCCCCCOC(=O)N3CCN(c4cccc(C(N)=O)c4)CC3)CC2)c1. The van der Waals surface area contributed by atoms with Crippen molar-refractivity contribution in [3.8, 4) is 0 Å². The van der Waals surface area contributed by atoms with Crippen LogP contribution in [0, 0.1) is 0 Å². The maximum Gasteiger partial charge on any atom is 0.409 e. The molecule has 4 rings (SSSR count). The van der Waals surface area contributed by atoms with E-state index in [0.717, 1.165) is 56.8 Å². The van der Waals surface area contributed by atoms with Crippen molar-refractivity contribution in [3.05, 3.63) is 59.7 Å². The second kappa shape index (κ2) is 13.8. The minimum atomic E-state index is -0.449. The van der Waals surface area contributed by atoms with E-state index in [4.69, 9.17) is 21.0 Å². The molecule has 39 heavy (non-hydrogen) atoms. The largest absolute Gasteiger partial charge is 0.449 e. The maximum absolute atomic E-state index is 12.4. The topological polar surface area (TPSA) is 135 Å². The molecule has 0 bridgehead atoms. The quantitative estimate of drug-likeness (QED) is 0.415. The van der Waals surface area contributed by atoms with Crippen LogP contribution in [-0.4, -0.2) is 93.4 Å². The molecule has 3 amide bonds. The molecule has 2 heterocycles. The Morgan fingerprint density at radius 3 is 1.72 bits per heavy atom. The third-order valence-corrected chi connectivity index (χ3v) is 7.06. The predicted molar refractivity (Wildman–Crippen MR) is 149 cm³/mol. The van der Waals surface area contributed by atoms with E-state index in [1.54, 1.807) is 23.1 Å². The minimum Gasteiger partial charge on any atom is -0.449 e. The van der Waals surface area contributed by atoms with Crippen LogP contribution in [0.15, 0.2) is 48.5 Å². The summed E-state index contributed by atoms with van der Waals surface area (Å²) in [5.41, 5.74) is 13.7. The summed E-state index contributed by atoms with van der Waals surface area (Å²) in [5.74, 6) is -0.868. The summed E-state index contributed by atoms with van der Waals surface area (Å²) < 4.78 is 5.47. The Morgan fingerprint density at radius 2 is 1.18 bits per heavy atom. The van der Waals surface area contributed by atoms with Gasteiger partial charge in [0.25, 0.3) is 0 Å². The highest BCUT2D eigenvalue weighted by atomic mass is 16.7. The average molecular weight is 539 g/mol. The Bertz CT molecular complexity index is 1130. The maximum atomic E-state index is 12.4. The number of unbranched alkanes of at least 4 members (excludes halogenated alkanes) is 2. The normalized spacial score (nSPS) is 16.3. The number of nitrogens with zero attached hydrogens (tertiary/aromatic N) is 4. The van der Waals surface area contributed by atoms with Gasteiger partial charge in [-0.2, -0.15) is 5.06 Å². The first-order valence-electron chi connectivity index (χ1n) is 13.5. The number of piperazine rings is 2. The van der Waals surface area contributed by atoms with Crippen LogP contribution in [0.2, 0.25) is 0 Å². The summed E-state index contributed by atoms with van der Waals surface area (Å²) in [4.78, 5) is 47.3. The minimum absolute atomic E-state index is 0.281. The summed E-state index contributed by atoms with van der Waals surface area (Å²) in [5, 5.41) is 1.98. The molecule has 0 radical (unpaired) electrons. The van der Waals surface area contributed by atoms with Crippen molar-refractivity contribution in [2.45, 2.75) is 19.3 Å². The molecule has 0 saturated carbocycles. The number of primary amides is 2. The van der Waals surface area contributed by atoms with E-state index in [2.05, 4.69) is 9.80 Å². The number of nitrogens with two attached hydrogens (primary N) is 2. The van der Waals surface area contributed by atoms with E-state index in [0.29, 0.717) is 50.5 Å². The Balaban J connectivity index is 1.04. The van der Waals surface area contributed by atoms with Crippen molar-refractivity contribution < 1.29 is 24.0 Å². The van der Waals surface area contributed by atoms with Gasteiger partial charge >= 0.3 is 6.09 Å². The van der Waals surface area contributed by atoms with Crippen LogP contribution in [-0.2, 0) is 9.57 Å². The molecular weight excluding hydrogens is 500 g/mol. The number of rotatable bonds is 11. The lowest BCUT2D eigenvalue weighted by molar-refractivity contribution is -0.162. The smallest absolute Gasteiger partial charge is 0.409 e. The van der Waals surface area contributed by atoms with E-state index in [-0.39, 0.29) is 6.09 Å². The monoisotopic (exact) mass is 538 g/mol. The summed E-state index contributed by atoms with van der Waals surface area (Å²) in [6, 6.07) is 14.6. The number of hydrogen-bond acceptors (Lipinski definition) is 8. The summed E-state index contributed by atoms with van der Waals surface area (Å²) >= 11 is 0. The number of carbonyl (C=O) groups excluding carboxylic acids is 3. The van der Waals surface area contributed by atoms with E-state index < -0.39 is 11.8 Å². The van der Waals surface area contributed by atoms with E-state index >= 15 is 0 Å². The molecule has 0 atom stereocenters. The van der Waals surface area contributed by atoms with E-state index in [9.17, 15) is 14.4 Å². The molecule has 2 aliphatic heterocycles. The lowest BCUT2D eigenvalue weighted by Crippen LogP contribution is -2.49. The summed E-state index contributed by atoms with van der Waals surface area (Å²) in [6.45, 7) is 6.68. The lowest BCUT2D eigenvalue weighted by Gasteiger charge is -2.35. The van der Waals surface area contributed by atoms with Gasteiger partial charge in [-0.05, 0) is 55.7 Å². The zero-order valence-electron chi connectivity index (χ0n) is 22.3. The molecule has 4 N–H and O–H groups in total. The van der Waals surface area contributed by atoms with Crippen molar-refractivity contribution in [1.82, 2.24) is 9.96 Å². The Labute approximate surface area is 229 Å². The molecular formula is C28H38N6O5. The number of hydrogen-bond donors (Lipinski definition) is 2. The van der Waals surface area contributed by atoms with E-state index in [1.165, 1.54) is 0 Å². The van der Waals surface area contributed by atoms with Gasteiger partial charge in [-0.3, -0.25) is 14.4 Å². The lowest BCUT2D eigenvalue weighted by atomic mass is 10.1. The predicted octanol–water partition coefficient (Wildman–Crippen LogP) is 2.07. The second-order valence-corrected chi connectivity index (χ2v) is 9.73. The highest BCUT2D eigenvalue weighted by Crippen LogP contribution is 2.20. The Hall–Kier alpha value is -3.83. The molecule has 2 fully saturated rings. The average Bonchev–Trinajstić information content (AvgIpc) is 2.97. The Morgan fingerprint density at radius 1 is 0.667 bits per heavy atom. The second-order valence-electron chi connectivity index (χ2n) is 9.73. The molecule has 210 valence electrons. The highest BCUT2D eigenvalue weighted by Gasteiger charge is 2.23. The molecule has 0 aliphatic carbocycles. The fourth-order valence-corrected chi connectivity index (χ4v) is 4.76. The molecule has 2 aliphatic rings. The van der Waals surface area contributed by atoms with Crippen LogP contribution in [0.4, 0.5) is 16.2 Å². The molecule has 0 unspecified atom stereocenters. The van der Waals surface area contributed by atoms with Crippen molar-refractivity contribution >= 4 is 29.3 Å². The van der Waals surface area contributed by atoms with Crippen LogP contribution in [0.3, 0.4) is 0 Å². The summed E-state index contributed by atoms with van der Waals surface area (Å²) in [6.07, 6.45) is 2.31. The van der Waals surface area contributed by atoms with Crippen molar-refractivity contribution in [1.29, 1.82) is 0 Å². The first-order chi connectivity index (χ1) is 18.9. The molecule has 2 aromatic rings. The van der Waals surface area contributed by atoms with Gasteiger partial charge in [-0.15, -0.1) is 0 Å². The molecule has 2 saturated heterocycles. The molecule has 2 aromatic carbocycles. The van der Waals surface area contributed by atoms with Crippen LogP contribution in [0.5, 0.6) is 0 Å². The van der Waals surface area contributed by atoms with Gasteiger partial charge in [0.15, 0.2) is 0 Å². The van der Waals surface area contributed by atoms with Gasteiger partial charge in [0.05, 0.1) is 13.2 Å². The van der Waals surface area contributed by atoms with Crippen LogP contribution in [0.25, 0.3) is 0 Å². The zero-order chi connectivity index (χ0) is 27.6. The number of benzene rings is 2. The first-order valence-corrected chi connectivity index (χ1v) is 13.5. The van der Waals surface area contributed by atoms with Gasteiger partial charge in [0.2, 0.25) is 11.8 Å². The van der Waals surface area contributed by atoms with Crippen LogP contribution >= 0.6 is 0 Å². The highest BCUT2D eigenvalue weighted by molar-refractivity contribution is 5.94. The standard InChI is InChI=1S/C28H38N6O5/c29-26(35)22-6-4-8-24(20-22)31-10-12-33(13-11-31)28(37)38-18-2-1-3-19-39-34-16-14-32(15-17-34)25-9-5-7-23(21-25)27(30)36/h4-9,20-21H,1-3,10-19H2,(H2,29,35)(H2,30,36). The third-order valence-electron chi connectivity index (χ3n) is 7.06. The van der Waals surface area contributed by atoms with Crippen LogP contribution < -0.4 is 21.3 Å². The van der Waals surface area contributed by atoms with Crippen molar-refractivity contribution in [2.75, 3.05) is 75.4 Å². The first kappa shape index (κ1) is 28.2. The van der Waals surface area contributed by atoms with Crippen LogP contribution in [0.1, 0.15) is 40.0 Å². The number of amides is 3. The fraction of sp³-hybridized carbons (Fsp3) is 0.464. The third kappa shape index (κ3) is 8.08. The van der Waals surface area contributed by atoms with Gasteiger partial charge in [-0.25, -0.2) is 4.79 Å². The zero-order valence-corrected chi connectivity index (χ0v) is 22.3. The molecule has 0 spiro atoms. The van der Waals surface area contributed by atoms with Crippen molar-refractivity contribution in [3.63, 3.8) is 0 Å². The Kier molecular flexibility index (Phi) is 9.98. The number of carbonyl (C=O) groups is 3. The number of anilines is 2. The van der Waals surface area contributed by atoms with Gasteiger partial charge in [-0.1, -0.05) is 12.1 Å². The fourth-order valence-electron chi connectivity index (χ4n) is 4.76. The number of ether oxygens (including phenoxy) is 1.